The van der Waals surface area contributed by atoms with Crippen molar-refractivity contribution in [3.63, 3.8) is 0 Å². The summed E-state index contributed by atoms with van der Waals surface area (Å²) in [7, 11) is 0. The number of phenols is 1. The summed E-state index contributed by atoms with van der Waals surface area (Å²) in [6.07, 6.45) is 0.749. The SMILES string of the molecule is CCc1c(C)c(C#N)c2nc3ccccc3n2c1Nc1ccccc1O. The van der Waals surface area contributed by atoms with E-state index in [0.717, 1.165) is 34.4 Å². The zero-order valence-electron chi connectivity index (χ0n) is 14.6. The van der Waals surface area contributed by atoms with Gasteiger partial charge in [0.15, 0.2) is 5.65 Å². The lowest BCUT2D eigenvalue weighted by Crippen LogP contribution is -2.07. The Bertz CT molecular complexity index is 1180. The number of nitrogens with one attached hydrogen (secondary N) is 1. The lowest BCUT2D eigenvalue weighted by atomic mass is 10.0. The van der Waals surface area contributed by atoms with Crippen LogP contribution in [0.2, 0.25) is 0 Å². The lowest BCUT2D eigenvalue weighted by molar-refractivity contribution is 0.477. The van der Waals surface area contributed by atoms with Crippen molar-refractivity contribution >= 4 is 28.2 Å². The van der Waals surface area contributed by atoms with Crippen LogP contribution in [-0.2, 0) is 6.42 Å². The van der Waals surface area contributed by atoms with E-state index in [4.69, 9.17) is 0 Å². The molecule has 0 atom stereocenters. The van der Waals surface area contributed by atoms with Crippen molar-refractivity contribution in [2.24, 2.45) is 0 Å². The Hall–Kier alpha value is -3.52. The van der Waals surface area contributed by atoms with Crippen LogP contribution in [0, 0.1) is 18.3 Å². The number of pyridine rings is 1. The number of anilines is 2. The summed E-state index contributed by atoms with van der Waals surface area (Å²) >= 11 is 0. The lowest BCUT2D eigenvalue weighted by Gasteiger charge is -2.18. The summed E-state index contributed by atoms with van der Waals surface area (Å²) in [6, 6.07) is 17.3. The molecule has 0 saturated carbocycles. The highest BCUT2D eigenvalue weighted by molar-refractivity contribution is 5.87. The molecule has 128 valence electrons. The van der Waals surface area contributed by atoms with Crippen LogP contribution in [0.15, 0.2) is 48.5 Å². The molecule has 5 heteroatoms. The average molecular weight is 342 g/mol. The summed E-state index contributed by atoms with van der Waals surface area (Å²) in [6.45, 7) is 4.01. The van der Waals surface area contributed by atoms with Gasteiger partial charge < -0.3 is 10.4 Å². The molecule has 2 heterocycles. The number of aromatic hydroxyl groups is 1. The first kappa shape index (κ1) is 16.0. The number of nitriles is 1. The van der Waals surface area contributed by atoms with E-state index in [2.05, 4.69) is 23.3 Å². The van der Waals surface area contributed by atoms with Gasteiger partial charge in [-0.2, -0.15) is 5.26 Å². The van der Waals surface area contributed by atoms with Crippen LogP contribution in [0.1, 0.15) is 23.6 Å². The van der Waals surface area contributed by atoms with Crippen LogP contribution in [0.25, 0.3) is 16.7 Å². The fourth-order valence-electron chi connectivity index (χ4n) is 3.46. The molecule has 0 spiro atoms. The summed E-state index contributed by atoms with van der Waals surface area (Å²) < 4.78 is 1.98. The number of para-hydroxylation sites is 4. The summed E-state index contributed by atoms with van der Waals surface area (Å²) in [4.78, 5) is 4.68. The van der Waals surface area contributed by atoms with Crippen molar-refractivity contribution in [2.75, 3.05) is 5.32 Å². The van der Waals surface area contributed by atoms with Gasteiger partial charge in [-0.15, -0.1) is 0 Å². The second-order valence-corrected chi connectivity index (χ2v) is 6.19. The second-order valence-electron chi connectivity index (χ2n) is 6.19. The number of fused-ring (bicyclic) bond motifs is 3. The molecule has 0 radical (unpaired) electrons. The number of rotatable bonds is 3. The topological polar surface area (TPSA) is 73.4 Å². The molecule has 0 aliphatic heterocycles. The molecule has 4 rings (SSSR count). The first-order chi connectivity index (χ1) is 12.7. The predicted octanol–water partition coefficient (Wildman–Crippen LogP) is 4.68. The molecule has 0 aliphatic rings. The van der Waals surface area contributed by atoms with Crippen LogP contribution >= 0.6 is 0 Å². The fourth-order valence-corrected chi connectivity index (χ4v) is 3.46. The van der Waals surface area contributed by atoms with E-state index in [0.29, 0.717) is 16.9 Å². The van der Waals surface area contributed by atoms with Crippen LogP contribution < -0.4 is 5.32 Å². The molecule has 2 aromatic heterocycles. The normalized spacial score (nSPS) is 11.0. The second kappa shape index (κ2) is 6.08. The highest BCUT2D eigenvalue weighted by atomic mass is 16.3. The van der Waals surface area contributed by atoms with Gasteiger partial charge in [-0.1, -0.05) is 31.2 Å². The largest absolute Gasteiger partial charge is 0.506 e. The molecular formula is C21H18N4O. The minimum atomic E-state index is 0.175. The van der Waals surface area contributed by atoms with Gasteiger partial charge in [0.2, 0.25) is 0 Å². The molecule has 5 nitrogen and oxygen atoms in total. The Balaban J connectivity index is 2.13. The van der Waals surface area contributed by atoms with Gasteiger partial charge in [-0.25, -0.2) is 4.98 Å². The van der Waals surface area contributed by atoms with E-state index in [9.17, 15) is 10.4 Å². The molecule has 0 saturated heterocycles. The van der Waals surface area contributed by atoms with Gasteiger partial charge in [0, 0.05) is 0 Å². The summed E-state index contributed by atoms with van der Waals surface area (Å²) in [5.41, 5.74) is 5.52. The van der Waals surface area contributed by atoms with E-state index in [1.807, 2.05) is 47.7 Å². The molecular weight excluding hydrogens is 324 g/mol. The predicted molar refractivity (Wildman–Crippen MR) is 103 cm³/mol. The third-order valence-electron chi connectivity index (χ3n) is 4.74. The molecule has 2 aromatic carbocycles. The minimum Gasteiger partial charge on any atom is -0.506 e. The highest BCUT2D eigenvalue weighted by Gasteiger charge is 2.20. The van der Waals surface area contributed by atoms with Crippen molar-refractivity contribution in [3.05, 3.63) is 65.2 Å². The molecule has 0 bridgehead atoms. The highest BCUT2D eigenvalue weighted by Crippen LogP contribution is 2.34. The quantitative estimate of drug-likeness (QED) is 0.530. The number of hydrogen-bond acceptors (Lipinski definition) is 4. The first-order valence-electron chi connectivity index (χ1n) is 8.53. The van der Waals surface area contributed by atoms with Gasteiger partial charge in [0.25, 0.3) is 0 Å². The van der Waals surface area contributed by atoms with E-state index in [1.165, 1.54) is 0 Å². The van der Waals surface area contributed by atoms with Crippen LogP contribution in [0.3, 0.4) is 0 Å². The van der Waals surface area contributed by atoms with Gasteiger partial charge in [-0.05, 0) is 48.7 Å². The van der Waals surface area contributed by atoms with Crippen LogP contribution in [0.4, 0.5) is 11.5 Å². The van der Waals surface area contributed by atoms with Crippen molar-refractivity contribution < 1.29 is 5.11 Å². The van der Waals surface area contributed by atoms with Crippen molar-refractivity contribution in [3.8, 4) is 11.8 Å². The van der Waals surface area contributed by atoms with Gasteiger partial charge in [-0.3, -0.25) is 4.40 Å². The fraction of sp³-hybridized carbons (Fsp3) is 0.143. The summed E-state index contributed by atoms with van der Waals surface area (Å²) in [5, 5.41) is 23.3. The maximum atomic E-state index is 10.2. The molecule has 26 heavy (non-hydrogen) atoms. The number of hydrogen-bond donors (Lipinski definition) is 2. The van der Waals surface area contributed by atoms with Gasteiger partial charge in [0.1, 0.15) is 17.6 Å². The van der Waals surface area contributed by atoms with Crippen molar-refractivity contribution in [2.45, 2.75) is 20.3 Å². The Morgan fingerprint density at radius 3 is 2.62 bits per heavy atom. The van der Waals surface area contributed by atoms with E-state index in [-0.39, 0.29) is 5.75 Å². The first-order valence-corrected chi connectivity index (χ1v) is 8.53. The van der Waals surface area contributed by atoms with Crippen molar-refractivity contribution in [1.82, 2.24) is 9.38 Å². The molecule has 0 amide bonds. The Labute approximate surface area is 151 Å². The molecule has 0 aliphatic carbocycles. The Morgan fingerprint density at radius 2 is 1.88 bits per heavy atom. The molecule has 0 fully saturated rings. The number of imidazole rings is 1. The standard InChI is InChI=1S/C21H18N4O/c1-3-14-13(2)15(12-22)21-23-16-8-4-6-10-18(16)25(21)20(14)24-17-9-5-7-11-19(17)26/h4-11,24,26H,3H2,1-2H3. The summed E-state index contributed by atoms with van der Waals surface area (Å²) in [5.74, 6) is 1.00. The monoisotopic (exact) mass is 342 g/mol. The van der Waals surface area contributed by atoms with Gasteiger partial charge >= 0.3 is 0 Å². The zero-order chi connectivity index (χ0) is 18.3. The molecule has 0 unspecified atom stereocenters. The number of nitrogens with zero attached hydrogens (tertiary/aromatic N) is 3. The number of aromatic nitrogens is 2. The third-order valence-corrected chi connectivity index (χ3v) is 4.74. The van der Waals surface area contributed by atoms with Crippen molar-refractivity contribution in [1.29, 1.82) is 5.26 Å². The number of benzene rings is 2. The molecule has 4 aromatic rings. The van der Waals surface area contributed by atoms with E-state index < -0.39 is 0 Å². The van der Waals surface area contributed by atoms with E-state index >= 15 is 0 Å². The minimum absolute atomic E-state index is 0.175. The van der Waals surface area contributed by atoms with Gasteiger partial charge in [0.05, 0.1) is 22.3 Å². The van der Waals surface area contributed by atoms with Crippen LogP contribution in [-0.4, -0.2) is 14.5 Å². The zero-order valence-corrected chi connectivity index (χ0v) is 14.6. The Kier molecular flexibility index (Phi) is 3.74. The average Bonchev–Trinajstić information content (AvgIpc) is 3.03. The number of phenolic OH excluding ortho intramolecular Hbond substituents is 1. The maximum Gasteiger partial charge on any atom is 0.157 e. The maximum absolute atomic E-state index is 10.2. The van der Waals surface area contributed by atoms with Crippen LogP contribution in [0.5, 0.6) is 5.75 Å². The molecule has 2 N–H and O–H groups in total. The smallest absolute Gasteiger partial charge is 0.157 e. The van der Waals surface area contributed by atoms with E-state index in [1.54, 1.807) is 12.1 Å². The Morgan fingerprint density at radius 1 is 1.15 bits per heavy atom. The third kappa shape index (κ3) is 2.27.